The lowest BCUT2D eigenvalue weighted by Crippen LogP contribution is -2.49. The van der Waals surface area contributed by atoms with Gasteiger partial charge in [0.1, 0.15) is 21.5 Å². The second-order valence-electron chi connectivity index (χ2n) is 10.5. The Morgan fingerprint density at radius 1 is 1.18 bits per heavy atom. The smallest absolute Gasteiger partial charge is 0.155 e. The van der Waals surface area contributed by atoms with Gasteiger partial charge in [0.25, 0.3) is 0 Å². The van der Waals surface area contributed by atoms with Gasteiger partial charge in [0.2, 0.25) is 0 Å². The van der Waals surface area contributed by atoms with E-state index in [1.54, 1.807) is 24.4 Å². The SMILES string of the molecule is C/C=N\N(/C=C/c1nccc(Nc2cc3c(C(C)C)ccc(N4CC(CS(C)(=O)=O)C4)c3cn2)n1)SC1CC1. The van der Waals surface area contributed by atoms with Crippen molar-refractivity contribution in [3.63, 3.8) is 0 Å². The van der Waals surface area contributed by atoms with Crippen molar-refractivity contribution in [1.29, 1.82) is 0 Å². The van der Waals surface area contributed by atoms with Crippen molar-refractivity contribution < 1.29 is 8.42 Å². The van der Waals surface area contributed by atoms with Crippen LogP contribution in [0.5, 0.6) is 0 Å². The van der Waals surface area contributed by atoms with Crippen LogP contribution in [0.25, 0.3) is 16.8 Å². The molecule has 0 radical (unpaired) electrons. The van der Waals surface area contributed by atoms with Gasteiger partial charge in [-0.05, 0) is 66.8 Å². The number of aromatic nitrogens is 3. The van der Waals surface area contributed by atoms with Crippen LogP contribution in [0.1, 0.15) is 50.9 Å². The molecule has 2 fully saturated rings. The molecule has 206 valence electrons. The minimum absolute atomic E-state index is 0.169. The molecule has 3 aromatic rings. The van der Waals surface area contributed by atoms with Crippen molar-refractivity contribution in [2.24, 2.45) is 11.0 Å². The zero-order valence-corrected chi connectivity index (χ0v) is 24.4. The molecule has 1 aliphatic carbocycles. The zero-order chi connectivity index (χ0) is 27.6. The van der Waals surface area contributed by atoms with E-state index in [1.165, 1.54) is 24.7 Å². The maximum Gasteiger partial charge on any atom is 0.155 e. The van der Waals surface area contributed by atoms with E-state index in [0.29, 0.717) is 28.6 Å². The van der Waals surface area contributed by atoms with E-state index in [-0.39, 0.29) is 11.7 Å². The summed E-state index contributed by atoms with van der Waals surface area (Å²) in [6.07, 6.45) is 12.9. The lowest BCUT2D eigenvalue weighted by molar-refractivity contribution is 0.445. The van der Waals surface area contributed by atoms with Gasteiger partial charge >= 0.3 is 0 Å². The summed E-state index contributed by atoms with van der Waals surface area (Å²) in [5.74, 6) is 2.69. The van der Waals surface area contributed by atoms with E-state index in [9.17, 15) is 8.42 Å². The average molecular weight is 566 g/mol. The standard InChI is InChI=1S/C28H35N7O2S2/c1-5-31-35(38-21-6-7-21)13-11-26-29-12-10-27(32-26)33-28-14-23-22(19(2)3)8-9-25(24(23)15-30-28)34-16-20(17-34)18-39(4,36)37/h5,8-15,19-21H,6-7,16-18H2,1-4H3,(H,29,30,32,33)/b13-11+,31-5-. The van der Waals surface area contributed by atoms with Crippen molar-refractivity contribution in [3.05, 3.63) is 54.2 Å². The third-order valence-electron chi connectivity index (χ3n) is 6.66. The summed E-state index contributed by atoms with van der Waals surface area (Å²) in [4.78, 5) is 16.0. The molecule has 0 atom stereocenters. The molecule has 0 spiro atoms. The number of hydrogen-bond acceptors (Lipinski definition) is 10. The van der Waals surface area contributed by atoms with Gasteiger partial charge in [-0.2, -0.15) is 5.10 Å². The molecule has 3 heterocycles. The fraction of sp³-hybridized carbons (Fsp3) is 0.429. The Hall–Kier alpha value is -3.18. The topological polar surface area (TPSA) is 104 Å². The third kappa shape index (κ3) is 7.07. The number of sulfone groups is 1. The number of nitrogens with zero attached hydrogens (tertiary/aromatic N) is 6. The summed E-state index contributed by atoms with van der Waals surface area (Å²) in [6.45, 7) is 7.74. The molecule has 9 nitrogen and oxygen atoms in total. The van der Waals surface area contributed by atoms with Crippen LogP contribution in [0.2, 0.25) is 0 Å². The summed E-state index contributed by atoms with van der Waals surface area (Å²) in [5.41, 5.74) is 2.33. The Morgan fingerprint density at radius 3 is 2.67 bits per heavy atom. The molecule has 5 rings (SSSR count). The van der Waals surface area contributed by atoms with Crippen LogP contribution >= 0.6 is 11.9 Å². The lowest BCUT2D eigenvalue weighted by Gasteiger charge is -2.41. The summed E-state index contributed by atoms with van der Waals surface area (Å²) in [5, 5.41) is 10.6. The maximum atomic E-state index is 11.7. The van der Waals surface area contributed by atoms with Crippen molar-refractivity contribution >= 4 is 62.2 Å². The van der Waals surface area contributed by atoms with E-state index in [2.05, 4.69) is 57.3 Å². The summed E-state index contributed by atoms with van der Waals surface area (Å²) in [7, 11) is -2.97. The molecule has 0 unspecified atom stereocenters. The van der Waals surface area contributed by atoms with Gasteiger partial charge in [-0.1, -0.05) is 19.9 Å². The number of hydrogen-bond donors (Lipinski definition) is 1. The minimum atomic E-state index is -2.97. The Labute approximate surface area is 234 Å². The molecule has 1 N–H and O–H groups in total. The highest BCUT2D eigenvalue weighted by atomic mass is 32.2. The van der Waals surface area contributed by atoms with E-state index in [0.717, 1.165) is 29.5 Å². The van der Waals surface area contributed by atoms with Crippen molar-refractivity contribution in [2.45, 2.75) is 44.8 Å². The second-order valence-corrected chi connectivity index (χ2v) is 14.0. The van der Waals surface area contributed by atoms with Crippen LogP contribution in [0.3, 0.4) is 0 Å². The molecular weight excluding hydrogens is 530 g/mol. The first-order valence-electron chi connectivity index (χ1n) is 13.3. The number of pyridine rings is 1. The molecule has 2 aromatic heterocycles. The van der Waals surface area contributed by atoms with Crippen LogP contribution in [0, 0.1) is 5.92 Å². The quantitative estimate of drug-likeness (QED) is 0.184. The Kier molecular flexibility index (Phi) is 8.08. The van der Waals surface area contributed by atoms with E-state index < -0.39 is 9.84 Å². The number of nitrogens with one attached hydrogen (secondary N) is 1. The molecule has 0 amide bonds. The Balaban J connectivity index is 1.35. The summed E-state index contributed by atoms with van der Waals surface area (Å²) in [6, 6.07) is 8.21. The number of hydrazone groups is 1. The highest BCUT2D eigenvalue weighted by Crippen LogP contribution is 2.38. The predicted molar refractivity (Wildman–Crippen MR) is 162 cm³/mol. The summed E-state index contributed by atoms with van der Waals surface area (Å²) >= 11 is 1.71. The molecule has 1 aliphatic heterocycles. The molecule has 1 aromatic carbocycles. The highest BCUT2D eigenvalue weighted by molar-refractivity contribution is 7.98. The first kappa shape index (κ1) is 27.4. The van der Waals surface area contributed by atoms with Crippen LogP contribution in [-0.2, 0) is 9.84 Å². The monoisotopic (exact) mass is 565 g/mol. The van der Waals surface area contributed by atoms with Gasteiger partial charge in [0.05, 0.1) is 5.75 Å². The fourth-order valence-electron chi connectivity index (χ4n) is 4.72. The Morgan fingerprint density at radius 2 is 1.97 bits per heavy atom. The van der Waals surface area contributed by atoms with Gasteiger partial charge < -0.3 is 10.2 Å². The largest absolute Gasteiger partial charge is 0.370 e. The molecule has 0 bridgehead atoms. The number of benzene rings is 1. The highest BCUT2D eigenvalue weighted by Gasteiger charge is 2.31. The molecule has 2 aliphatic rings. The van der Waals surface area contributed by atoms with Gasteiger partial charge in [-0.3, -0.25) is 0 Å². The molecule has 1 saturated heterocycles. The zero-order valence-electron chi connectivity index (χ0n) is 22.8. The normalized spacial score (nSPS) is 16.5. The van der Waals surface area contributed by atoms with Crippen molar-refractivity contribution in [2.75, 3.05) is 35.3 Å². The number of anilines is 3. The number of fused-ring (bicyclic) bond motifs is 1. The summed E-state index contributed by atoms with van der Waals surface area (Å²) < 4.78 is 25.2. The molecule has 39 heavy (non-hydrogen) atoms. The van der Waals surface area contributed by atoms with Gasteiger partial charge in [0, 0.05) is 72.5 Å². The van der Waals surface area contributed by atoms with Crippen LogP contribution in [-0.4, -0.2) is 64.3 Å². The third-order valence-corrected chi connectivity index (χ3v) is 8.94. The van der Waals surface area contributed by atoms with E-state index in [4.69, 9.17) is 4.98 Å². The molecule has 1 saturated carbocycles. The van der Waals surface area contributed by atoms with Crippen molar-refractivity contribution in [3.8, 4) is 0 Å². The van der Waals surface area contributed by atoms with Crippen LogP contribution < -0.4 is 10.2 Å². The maximum absolute atomic E-state index is 11.7. The molecule has 11 heteroatoms. The predicted octanol–water partition coefficient (Wildman–Crippen LogP) is 5.46. The minimum Gasteiger partial charge on any atom is -0.370 e. The second kappa shape index (κ2) is 11.5. The van der Waals surface area contributed by atoms with Gasteiger partial charge in [-0.15, -0.1) is 0 Å². The Bertz CT molecular complexity index is 1500. The average Bonchev–Trinajstić information content (AvgIpc) is 3.68. The first-order chi connectivity index (χ1) is 18.7. The van der Waals surface area contributed by atoms with E-state index >= 15 is 0 Å². The van der Waals surface area contributed by atoms with Crippen molar-refractivity contribution in [1.82, 2.24) is 19.4 Å². The fourth-order valence-corrected chi connectivity index (χ4v) is 6.72. The van der Waals surface area contributed by atoms with Crippen LogP contribution in [0.15, 0.2) is 48.0 Å². The molecular formula is C28H35N7O2S2. The lowest BCUT2D eigenvalue weighted by atomic mass is 9.93. The van der Waals surface area contributed by atoms with Gasteiger partial charge in [0.15, 0.2) is 5.82 Å². The van der Waals surface area contributed by atoms with Gasteiger partial charge in [-0.25, -0.2) is 27.8 Å². The van der Waals surface area contributed by atoms with E-state index in [1.807, 2.05) is 35.9 Å². The van der Waals surface area contributed by atoms with Crippen LogP contribution in [0.4, 0.5) is 17.3 Å². The number of rotatable bonds is 11. The first-order valence-corrected chi connectivity index (χ1v) is 16.2.